The Balaban J connectivity index is 2.35. The van der Waals surface area contributed by atoms with Crippen LogP contribution in [0.25, 0.3) is 0 Å². The summed E-state index contributed by atoms with van der Waals surface area (Å²) in [5.74, 6) is -0.190. The van der Waals surface area contributed by atoms with Crippen molar-refractivity contribution in [2.75, 3.05) is 0 Å². The molecule has 1 aromatic carbocycles. The van der Waals surface area contributed by atoms with Crippen molar-refractivity contribution in [3.8, 4) is 0 Å². The van der Waals surface area contributed by atoms with E-state index in [0.717, 1.165) is 24.0 Å². The molecule has 1 unspecified atom stereocenters. The van der Waals surface area contributed by atoms with Crippen LogP contribution in [0.1, 0.15) is 36.9 Å². The van der Waals surface area contributed by atoms with Gasteiger partial charge in [-0.1, -0.05) is 13.0 Å². The summed E-state index contributed by atoms with van der Waals surface area (Å²) in [5.41, 5.74) is 8.40. The molecule has 0 aromatic heterocycles. The van der Waals surface area contributed by atoms with E-state index in [1.165, 1.54) is 6.07 Å². The zero-order chi connectivity index (χ0) is 10.3. The highest BCUT2D eigenvalue weighted by Gasteiger charge is 2.44. The van der Waals surface area contributed by atoms with Crippen LogP contribution in [0.5, 0.6) is 0 Å². The highest BCUT2D eigenvalue weighted by Crippen LogP contribution is 2.53. The van der Waals surface area contributed by atoms with Gasteiger partial charge in [0, 0.05) is 6.04 Å². The second-order valence-corrected chi connectivity index (χ2v) is 4.63. The predicted octanol–water partition coefficient (Wildman–Crippen LogP) is 2.93. The van der Waals surface area contributed by atoms with E-state index in [1.54, 1.807) is 12.1 Å². The van der Waals surface area contributed by atoms with Gasteiger partial charge >= 0.3 is 0 Å². The molecule has 0 heterocycles. The van der Waals surface area contributed by atoms with E-state index in [2.05, 4.69) is 6.92 Å². The Hall–Kier alpha value is -0.890. The number of nitrogens with two attached hydrogens (primary N) is 1. The van der Waals surface area contributed by atoms with E-state index in [0.29, 0.717) is 0 Å². The normalized spacial score (nSPS) is 20.6. The second kappa shape index (κ2) is 3.06. The predicted molar refractivity (Wildman–Crippen MR) is 55.4 cm³/mol. The summed E-state index contributed by atoms with van der Waals surface area (Å²) in [7, 11) is 0. The fourth-order valence-corrected chi connectivity index (χ4v) is 1.83. The van der Waals surface area contributed by atoms with Crippen LogP contribution in [0.3, 0.4) is 0 Å². The fourth-order valence-electron chi connectivity index (χ4n) is 1.83. The van der Waals surface area contributed by atoms with Gasteiger partial charge in [0.2, 0.25) is 0 Å². The van der Waals surface area contributed by atoms with E-state index < -0.39 is 0 Å². The number of halogens is 1. The molecule has 1 atom stereocenters. The number of hydrogen-bond acceptors (Lipinski definition) is 1. The van der Waals surface area contributed by atoms with Gasteiger partial charge < -0.3 is 5.73 Å². The molecule has 0 radical (unpaired) electrons. The molecule has 1 aliphatic carbocycles. The first kappa shape index (κ1) is 9.66. The SMILES string of the molecule is Cc1ccc(F)cc1C(N)C1(C)CC1. The largest absolute Gasteiger partial charge is 0.323 e. The fraction of sp³-hybridized carbons (Fsp3) is 0.500. The smallest absolute Gasteiger partial charge is 0.123 e. The Morgan fingerprint density at radius 1 is 1.43 bits per heavy atom. The van der Waals surface area contributed by atoms with Crippen molar-refractivity contribution >= 4 is 0 Å². The average molecular weight is 193 g/mol. The number of rotatable bonds is 2. The molecule has 0 aliphatic heterocycles. The highest BCUT2D eigenvalue weighted by molar-refractivity contribution is 5.31. The first-order valence-electron chi connectivity index (χ1n) is 5.04. The molecule has 1 saturated carbocycles. The molecule has 0 amide bonds. The Bertz CT molecular complexity index is 355. The van der Waals surface area contributed by atoms with Gasteiger partial charge in [-0.25, -0.2) is 4.39 Å². The first-order chi connectivity index (χ1) is 6.53. The van der Waals surface area contributed by atoms with Crippen LogP contribution in [-0.2, 0) is 0 Å². The van der Waals surface area contributed by atoms with Gasteiger partial charge in [-0.15, -0.1) is 0 Å². The van der Waals surface area contributed by atoms with Crippen molar-refractivity contribution in [2.24, 2.45) is 11.1 Å². The maximum Gasteiger partial charge on any atom is 0.123 e. The summed E-state index contributed by atoms with van der Waals surface area (Å²) in [5, 5.41) is 0. The molecule has 1 nitrogen and oxygen atoms in total. The summed E-state index contributed by atoms with van der Waals surface area (Å²) in [4.78, 5) is 0. The Morgan fingerprint density at radius 2 is 2.07 bits per heavy atom. The molecule has 2 heteroatoms. The molecule has 1 fully saturated rings. The number of aryl methyl sites for hydroxylation is 1. The van der Waals surface area contributed by atoms with Gasteiger partial charge in [0.25, 0.3) is 0 Å². The van der Waals surface area contributed by atoms with Crippen molar-refractivity contribution in [3.05, 3.63) is 35.1 Å². The molecular weight excluding hydrogens is 177 g/mol. The molecule has 2 N–H and O–H groups in total. The second-order valence-electron chi connectivity index (χ2n) is 4.63. The third-order valence-corrected chi connectivity index (χ3v) is 3.37. The van der Waals surface area contributed by atoms with Crippen LogP contribution in [0.15, 0.2) is 18.2 Å². The summed E-state index contributed by atoms with van der Waals surface area (Å²) >= 11 is 0. The molecule has 0 saturated heterocycles. The lowest BCUT2D eigenvalue weighted by molar-refractivity contribution is 0.447. The van der Waals surface area contributed by atoms with Gasteiger partial charge in [0.15, 0.2) is 0 Å². The first-order valence-corrected chi connectivity index (χ1v) is 5.04. The molecule has 0 bridgehead atoms. The van der Waals surface area contributed by atoms with Crippen LogP contribution >= 0.6 is 0 Å². The maximum absolute atomic E-state index is 13.1. The lowest BCUT2D eigenvalue weighted by Crippen LogP contribution is -2.21. The molecule has 1 aromatic rings. The topological polar surface area (TPSA) is 26.0 Å². The van der Waals surface area contributed by atoms with E-state index >= 15 is 0 Å². The molecule has 2 rings (SSSR count). The third kappa shape index (κ3) is 1.55. The summed E-state index contributed by atoms with van der Waals surface area (Å²) < 4.78 is 13.1. The molecule has 76 valence electrons. The standard InChI is InChI=1S/C12H16FN/c1-8-3-4-9(13)7-10(8)11(14)12(2)5-6-12/h3-4,7,11H,5-6,14H2,1-2H3. The number of hydrogen-bond donors (Lipinski definition) is 1. The summed E-state index contributed by atoms with van der Waals surface area (Å²) in [6.07, 6.45) is 2.31. The van der Waals surface area contributed by atoms with Gasteiger partial charge in [-0.3, -0.25) is 0 Å². The Morgan fingerprint density at radius 3 is 2.64 bits per heavy atom. The van der Waals surface area contributed by atoms with Crippen LogP contribution in [0.4, 0.5) is 4.39 Å². The van der Waals surface area contributed by atoms with Gasteiger partial charge in [0.1, 0.15) is 5.82 Å². The van der Waals surface area contributed by atoms with Crippen LogP contribution in [-0.4, -0.2) is 0 Å². The monoisotopic (exact) mass is 193 g/mol. The van der Waals surface area contributed by atoms with Gasteiger partial charge in [-0.05, 0) is 48.4 Å². The Labute approximate surface area is 84.1 Å². The zero-order valence-corrected chi connectivity index (χ0v) is 8.68. The van der Waals surface area contributed by atoms with E-state index in [-0.39, 0.29) is 17.3 Å². The lowest BCUT2D eigenvalue weighted by Gasteiger charge is -2.21. The average Bonchev–Trinajstić information content (AvgIpc) is 2.88. The van der Waals surface area contributed by atoms with Crippen molar-refractivity contribution in [2.45, 2.75) is 32.7 Å². The summed E-state index contributed by atoms with van der Waals surface area (Å²) in [6, 6.07) is 4.85. The molecular formula is C12H16FN. The minimum absolute atomic E-state index is 0.0156. The molecule has 14 heavy (non-hydrogen) atoms. The zero-order valence-electron chi connectivity index (χ0n) is 8.68. The van der Waals surface area contributed by atoms with Crippen molar-refractivity contribution < 1.29 is 4.39 Å². The van der Waals surface area contributed by atoms with Crippen LogP contribution < -0.4 is 5.73 Å². The van der Waals surface area contributed by atoms with Gasteiger partial charge in [-0.2, -0.15) is 0 Å². The highest BCUT2D eigenvalue weighted by atomic mass is 19.1. The number of benzene rings is 1. The van der Waals surface area contributed by atoms with Crippen molar-refractivity contribution in [1.29, 1.82) is 0 Å². The quantitative estimate of drug-likeness (QED) is 0.767. The van der Waals surface area contributed by atoms with Gasteiger partial charge in [0.05, 0.1) is 0 Å². The minimum Gasteiger partial charge on any atom is -0.323 e. The summed E-state index contributed by atoms with van der Waals surface area (Å²) in [6.45, 7) is 4.16. The van der Waals surface area contributed by atoms with Crippen LogP contribution in [0, 0.1) is 18.2 Å². The molecule has 1 aliphatic rings. The van der Waals surface area contributed by atoms with E-state index in [1.807, 2.05) is 6.92 Å². The van der Waals surface area contributed by atoms with E-state index in [4.69, 9.17) is 5.73 Å². The van der Waals surface area contributed by atoms with Crippen molar-refractivity contribution in [1.82, 2.24) is 0 Å². The van der Waals surface area contributed by atoms with Crippen molar-refractivity contribution in [3.63, 3.8) is 0 Å². The minimum atomic E-state index is -0.190. The lowest BCUT2D eigenvalue weighted by atomic mass is 9.90. The van der Waals surface area contributed by atoms with Crippen LogP contribution in [0.2, 0.25) is 0 Å². The third-order valence-electron chi connectivity index (χ3n) is 3.37. The van der Waals surface area contributed by atoms with E-state index in [9.17, 15) is 4.39 Å². The molecule has 0 spiro atoms. The Kier molecular flexibility index (Phi) is 2.11. The maximum atomic E-state index is 13.1.